The minimum atomic E-state index is -0.109. The lowest BCUT2D eigenvalue weighted by atomic mass is 9.92. The highest BCUT2D eigenvalue weighted by molar-refractivity contribution is 6.37. The molecular weight excluding hydrogens is 414 g/mol. The number of aromatic amines is 1. The minimum Gasteiger partial charge on any atom is -0.365 e. The number of hydrogen-bond donors (Lipinski definition) is 1. The van der Waals surface area contributed by atoms with Gasteiger partial charge >= 0.3 is 0 Å². The molecule has 2 saturated heterocycles. The van der Waals surface area contributed by atoms with Gasteiger partial charge in [0, 0.05) is 39.1 Å². The Morgan fingerprint density at radius 2 is 2.10 bits per heavy atom. The highest BCUT2D eigenvalue weighted by Crippen LogP contribution is 2.38. The van der Waals surface area contributed by atoms with E-state index in [1.165, 1.54) is 0 Å². The number of piperidine rings is 1. The van der Waals surface area contributed by atoms with E-state index in [2.05, 4.69) is 35.6 Å². The fourth-order valence-electron chi connectivity index (χ4n) is 5.09. The first-order chi connectivity index (χ1) is 14.8. The number of benzene rings is 1. The van der Waals surface area contributed by atoms with Gasteiger partial charge in [0.15, 0.2) is 6.29 Å². The summed E-state index contributed by atoms with van der Waals surface area (Å²) in [4.78, 5) is 39.0. The maximum atomic E-state index is 12.2. The van der Waals surface area contributed by atoms with Crippen molar-refractivity contribution in [3.63, 3.8) is 0 Å². The lowest BCUT2D eigenvalue weighted by Crippen LogP contribution is -2.52. The first-order valence-electron chi connectivity index (χ1n) is 11.3. The molecule has 0 bridgehead atoms. The molecule has 2 unspecified atom stereocenters. The molecule has 2 fully saturated rings. The van der Waals surface area contributed by atoms with Gasteiger partial charge in [-0.15, -0.1) is 0 Å². The van der Waals surface area contributed by atoms with E-state index in [9.17, 15) is 9.59 Å². The fourth-order valence-corrected chi connectivity index (χ4v) is 5.38. The molecule has 3 atom stereocenters. The number of likely N-dealkylation sites (tertiary alicyclic amines) is 1. The second-order valence-electron chi connectivity index (χ2n) is 9.05. The van der Waals surface area contributed by atoms with Gasteiger partial charge in [-0.1, -0.05) is 25.4 Å². The van der Waals surface area contributed by atoms with Gasteiger partial charge in [-0.05, 0) is 38.3 Å². The summed E-state index contributed by atoms with van der Waals surface area (Å²) in [5.41, 5.74) is 2.67. The van der Waals surface area contributed by atoms with Crippen LogP contribution < -0.4 is 4.90 Å². The van der Waals surface area contributed by atoms with Crippen LogP contribution in [-0.4, -0.2) is 70.7 Å². The van der Waals surface area contributed by atoms with Crippen LogP contribution in [0.4, 0.5) is 5.69 Å². The predicted molar refractivity (Wildman–Crippen MR) is 124 cm³/mol. The van der Waals surface area contributed by atoms with E-state index in [0.717, 1.165) is 68.9 Å². The maximum absolute atomic E-state index is 12.2. The van der Waals surface area contributed by atoms with Crippen molar-refractivity contribution in [1.29, 1.82) is 0 Å². The molecule has 2 aromatic rings. The first kappa shape index (κ1) is 22.1. The minimum absolute atomic E-state index is 0.0503. The molecule has 4 rings (SSSR count). The number of carbonyl (C=O) groups excluding carboxylic acids is 2. The van der Waals surface area contributed by atoms with Crippen molar-refractivity contribution >= 4 is 40.5 Å². The molecule has 1 amide bonds. The summed E-state index contributed by atoms with van der Waals surface area (Å²) in [5.74, 6) is 1.29. The third-order valence-corrected chi connectivity index (χ3v) is 7.32. The van der Waals surface area contributed by atoms with Gasteiger partial charge < -0.3 is 14.8 Å². The lowest BCUT2D eigenvalue weighted by Gasteiger charge is -2.41. The summed E-state index contributed by atoms with van der Waals surface area (Å²) in [6.07, 6.45) is 2.65. The zero-order valence-corrected chi connectivity index (χ0v) is 19.6. The van der Waals surface area contributed by atoms with E-state index < -0.39 is 0 Å². The number of nitrogens with zero attached hydrogens (tertiary/aromatic N) is 4. The van der Waals surface area contributed by atoms with Gasteiger partial charge in [-0.3, -0.25) is 14.5 Å². The molecule has 0 aliphatic carbocycles. The van der Waals surface area contributed by atoms with Crippen LogP contribution in [-0.2, 0) is 4.79 Å². The van der Waals surface area contributed by atoms with Crippen molar-refractivity contribution < 1.29 is 9.59 Å². The molecule has 8 heteroatoms. The van der Waals surface area contributed by atoms with Crippen molar-refractivity contribution in [1.82, 2.24) is 19.8 Å². The number of aromatic nitrogens is 2. The smallest absolute Gasteiger partial charge is 0.220 e. The quantitative estimate of drug-likeness (QED) is 0.723. The lowest BCUT2D eigenvalue weighted by molar-refractivity contribution is -0.133. The average molecular weight is 446 g/mol. The van der Waals surface area contributed by atoms with E-state index >= 15 is 0 Å². The van der Waals surface area contributed by atoms with Gasteiger partial charge in [-0.2, -0.15) is 0 Å². The van der Waals surface area contributed by atoms with Gasteiger partial charge in [0.2, 0.25) is 5.91 Å². The summed E-state index contributed by atoms with van der Waals surface area (Å²) >= 11 is 6.75. The Morgan fingerprint density at radius 1 is 1.32 bits per heavy atom. The van der Waals surface area contributed by atoms with Gasteiger partial charge in [0.1, 0.15) is 11.3 Å². The topological polar surface area (TPSA) is 72.5 Å². The summed E-state index contributed by atoms with van der Waals surface area (Å²) in [7, 11) is 0. The Balaban J connectivity index is 1.76. The number of rotatable bonds is 4. The Kier molecular flexibility index (Phi) is 6.26. The number of likely N-dealkylation sites (N-methyl/N-ethyl adjacent to an activating group) is 1. The van der Waals surface area contributed by atoms with E-state index in [4.69, 9.17) is 16.6 Å². The van der Waals surface area contributed by atoms with Gasteiger partial charge in [0.25, 0.3) is 0 Å². The molecule has 1 N–H and O–H groups in total. The number of anilines is 1. The third-order valence-electron chi connectivity index (χ3n) is 6.92. The standard InChI is InChI=1S/C23H32ClN5O2/c1-5-27-8-9-28(15(3)12-27)19-11-18-22(17(13-30)21(19)24)26-23(25-18)20-10-14(2)6-7-29(20)16(4)31/h11,13-15,20H,5-10,12H2,1-4H3,(H,25,26)/t14?,15-,20?/m1/s1. The zero-order chi connectivity index (χ0) is 22.3. The second-order valence-corrected chi connectivity index (χ2v) is 9.43. The number of H-pyrrole nitrogens is 1. The molecule has 1 aromatic heterocycles. The molecule has 7 nitrogen and oxygen atoms in total. The van der Waals surface area contributed by atoms with E-state index in [0.29, 0.717) is 22.0 Å². The number of imidazole rings is 1. The Labute approximate surface area is 188 Å². The van der Waals surface area contributed by atoms with Crippen LogP contribution >= 0.6 is 11.6 Å². The zero-order valence-electron chi connectivity index (χ0n) is 18.8. The molecule has 1 aromatic carbocycles. The van der Waals surface area contributed by atoms with Crippen molar-refractivity contribution in [2.45, 2.75) is 52.6 Å². The molecule has 168 valence electrons. The highest BCUT2D eigenvalue weighted by atomic mass is 35.5. The molecule has 2 aliphatic heterocycles. The van der Waals surface area contributed by atoms with Crippen molar-refractivity contribution in [2.24, 2.45) is 5.92 Å². The fraction of sp³-hybridized carbons (Fsp3) is 0.609. The first-order valence-corrected chi connectivity index (χ1v) is 11.6. The summed E-state index contributed by atoms with van der Waals surface area (Å²) < 4.78 is 0. The van der Waals surface area contributed by atoms with Crippen molar-refractivity contribution in [3.8, 4) is 0 Å². The van der Waals surface area contributed by atoms with Crippen LogP contribution in [0.25, 0.3) is 11.0 Å². The van der Waals surface area contributed by atoms with E-state index in [1.807, 2.05) is 11.0 Å². The Bertz CT molecular complexity index is 990. The summed E-state index contributed by atoms with van der Waals surface area (Å²) in [6.45, 7) is 12.7. The second kappa shape index (κ2) is 8.79. The highest BCUT2D eigenvalue weighted by Gasteiger charge is 2.33. The predicted octanol–water partition coefficient (Wildman–Crippen LogP) is 3.88. The number of nitrogens with one attached hydrogen (secondary N) is 1. The molecule has 3 heterocycles. The van der Waals surface area contributed by atoms with Crippen molar-refractivity contribution in [2.75, 3.05) is 37.6 Å². The van der Waals surface area contributed by atoms with E-state index in [1.54, 1.807) is 6.92 Å². The Hall–Kier alpha value is -2.12. The third kappa shape index (κ3) is 4.05. The molecule has 2 aliphatic rings. The molecule has 31 heavy (non-hydrogen) atoms. The molecule has 0 radical (unpaired) electrons. The normalized spacial score (nSPS) is 25.3. The van der Waals surface area contributed by atoms with E-state index in [-0.39, 0.29) is 18.0 Å². The SMILES string of the molecule is CCN1CCN(c2cc3[nH]c(C4CC(C)CCN4C(C)=O)nc3c(C=O)c2Cl)[C@H](C)C1. The van der Waals surface area contributed by atoms with Crippen LogP contribution in [0.2, 0.25) is 5.02 Å². The monoisotopic (exact) mass is 445 g/mol. The van der Waals surface area contributed by atoms with Crippen LogP contribution in [0.5, 0.6) is 0 Å². The molecule has 0 saturated carbocycles. The largest absolute Gasteiger partial charge is 0.365 e. The number of fused-ring (bicyclic) bond motifs is 1. The molecular formula is C23H32ClN5O2. The average Bonchev–Trinajstić information content (AvgIpc) is 3.16. The number of amides is 1. The Morgan fingerprint density at radius 3 is 2.74 bits per heavy atom. The summed E-state index contributed by atoms with van der Waals surface area (Å²) in [5, 5.41) is 0.456. The number of aldehydes is 1. The molecule has 0 spiro atoms. The van der Waals surface area contributed by atoms with Gasteiger partial charge in [-0.25, -0.2) is 4.98 Å². The van der Waals surface area contributed by atoms with Crippen LogP contribution in [0.15, 0.2) is 6.07 Å². The van der Waals surface area contributed by atoms with Crippen LogP contribution in [0, 0.1) is 5.92 Å². The number of carbonyl (C=O) groups is 2. The van der Waals surface area contributed by atoms with Gasteiger partial charge in [0.05, 0.1) is 27.8 Å². The summed E-state index contributed by atoms with van der Waals surface area (Å²) in [6, 6.07) is 2.20. The number of hydrogen-bond acceptors (Lipinski definition) is 5. The number of piperazine rings is 1. The van der Waals surface area contributed by atoms with Crippen LogP contribution in [0.3, 0.4) is 0 Å². The van der Waals surface area contributed by atoms with Crippen LogP contribution in [0.1, 0.15) is 62.8 Å². The van der Waals surface area contributed by atoms with Crippen molar-refractivity contribution in [3.05, 3.63) is 22.5 Å². The number of halogens is 1. The maximum Gasteiger partial charge on any atom is 0.220 e.